The lowest BCUT2D eigenvalue weighted by Gasteiger charge is -2.21. The first kappa shape index (κ1) is 14.8. The van der Waals surface area contributed by atoms with E-state index in [-0.39, 0.29) is 6.61 Å². The Bertz CT molecular complexity index is 131. The minimum Gasteiger partial charge on any atom is -0.394 e. The van der Waals surface area contributed by atoms with E-state index in [2.05, 4.69) is 19.2 Å². The molecule has 0 saturated heterocycles. The monoisotopic (exact) mass is 219 g/mol. The summed E-state index contributed by atoms with van der Waals surface area (Å²) in [5.74, 6) is 0.573. The summed E-state index contributed by atoms with van der Waals surface area (Å²) in [5.41, 5.74) is 0. The number of ether oxygens (including phenoxy) is 2. The average Bonchev–Trinajstić information content (AvgIpc) is 2.21. The molecule has 0 amide bonds. The van der Waals surface area contributed by atoms with Crippen LogP contribution < -0.4 is 5.32 Å². The molecule has 0 aromatic carbocycles. The molecule has 0 spiro atoms. The predicted molar refractivity (Wildman–Crippen MR) is 61.0 cm³/mol. The lowest BCUT2D eigenvalue weighted by molar-refractivity contribution is 0.0885. The zero-order valence-electron chi connectivity index (χ0n) is 10.2. The predicted octanol–water partition coefficient (Wildman–Crippen LogP) is 0.646. The van der Waals surface area contributed by atoms with E-state index in [1.54, 1.807) is 7.11 Å². The number of hydrogen-bond acceptors (Lipinski definition) is 4. The van der Waals surface area contributed by atoms with E-state index in [4.69, 9.17) is 14.6 Å². The zero-order chi connectivity index (χ0) is 11.5. The second-order valence-corrected chi connectivity index (χ2v) is 3.95. The second kappa shape index (κ2) is 10.4. The van der Waals surface area contributed by atoms with Crippen LogP contribution in [0.3, 0.4) is 0 Å². The van der Waals surface area contributed by atoms with Gasteiger partial charge in [0.2, 0.25) is 0 Å². The molecule has 0 aliphatic heterocycles. The van der Waals surface area contributed by atoms with Gasteiger partial charge in [-0.1, -0.05) is 13.8 Å². The molecule has 1 unspecified atom stereocenters. The summed E-state index contributed by atoms with van der Waals surface area (Å²) >= 11 is 0. The van der Waals surface area contributed by atoms with Crippen LogP contribution in [0.15, 0.2) is 0 Å². The molecule has 0 rings (SSSR count). The summed E-state index contributed by atoms with van der Waals surface area (Å²) < 4.78 is 10.3. The molecule has 0 radical (unpaired) electrons. The summed E-state index contributed by atoms with van der Waals surface area (Å²) in [6.45, 7) is 7.27. The van der Waals surface area contributed by atoms with Crippen molar-refractivity contribution in [1.82, 2.24) is 5.32 Å². The summed E-state index contributed by atoms with van der Waals surface area (Å²) in [4.78, 5) is 0. The van der Waals surface area contributed by atoms with E-state index in [0.29, 0.717) is 25.2 Å². The van der Waals surface area contributed by atoms with Crippen molar-refractivity contribution in [3.8, 4) is 0 Å². The molecule has 0 aliphatic rings. The molecule has 15 heavy (non-hydrogen) atoms. The molecular weight excluding hydrogens is 194 g/mol. The van der Waals surface area contributed by atoms with E-state index >= 15 is 0 Å². The summed E-state index contributed by atoms with van der Waals surface area (Å²) in [7, 11) is 1.72. The fourth-order valence-corrected chi connectivity index (χ4v) is 1.29. The van der Waals surface area contributed by atoms with Gasteiger partial charge in [-0.15, -0.1) is 0 Å². The van der Waals surface area contributed by atoms with Crippen molar-refractivity contribution in [1.29, 1.82) is 0 Å². The maximum atomic E-state index is 8.50. The Labute approximate surface area is 93.0 Å². The minimum absolute atomic E-state index is 0.103. The molecule has 0 heterocycles. The Morgan fingerprint density at radius 1 is 1.27 bits per heavy atom. The Hall–Kier alpha value is -0.160. The van der Waals surface area contributed by atoms with Crippen LogP contribution >= 0.6 is 0 Å². The topological polar surface area (TPSA) is 50.7 Å². The smallest absolute Gasteiger partial charge is 0.0697 e. The first-order chi connectivity index (χ1) is 7.22. The van der Waals surface area contributed by atoms with Gasteiger partial charge >= 0.3 is 0 Å². The number of methoxy groups -OCH3 is 1. The quantitative estimate of drug-likeness (QED) is 0.530. The Morgan fingerprint density at radius 2 is 2.00 bits per heavy atom. The second-order valence-electron chi connectivity index (χ2n) is 3.95. The molecule has 0 bridgehead atoms. The lowest BCUT2D eigenvalue weighted by Crippen LogP contribution is -2.38. The molecule has 1 atom stereocenters. The highest BCUT2D eigenvalue weighted by molar-refractivity contribution is 4.69. The Kier molecular flexibility index (Phi) is 10.3. The summed E-state index contributed by atoms with van der Waals surface area (Å²) in [6.07, 6.45) is 0.965. The Morgan fingerprint density at radius 3 is 2.53 bits per heavy atom. The highest BCUT2D eigenvalue weighted by Gasteiger charge is 2.11. The third-order valence-corrected chi connectivity index (χ3v) is 2.26. The lowest BCUT2D eigenvalue weighted by atomic mass is 10.1. The van der Waals surface area contributed by atoms with E-state index in [0.717, 1.165) is 19.6 Å². The third kappa shape index (κ3) is 8.81. The van der Waals surface area contributed by atoms with Gasteiger partial charge in [0.15, 0.2) is 0 Å². The van der Waals surface area contributed by atoms with Gasteiger partial charge in [-0.2, -0.15) is 0 Å². The van der Waals surface area contributed by atoms with Gasteiger partial charge in [0, 0.05) is 19.8 Å². The molecule has 0 fully saturated rings. The summed E-state index contributed by atoms with van der Waals surface area (Å²) in [6, 6.07) is 0.410. The first-order valence-corrected chi connectivity index (χ1v) is 5.63. The fourth-order valence-electron chi connectivity index (χ4n) is 1.29. The zero-order valence-corrected chi connectivity index (χ0v) is 10.2. The van der Waals surface area contributed by atoms with E-state index in [1.165, 1.54) is 0 Å². The van der Waals surface area contributed by atoms with Crippen LogP contribution in [0.2, 0.25) is 0 Å². The maximum absolute atomic E-state index is 8.50. The van der Waals surface area contributed by atoms with E-state index in [9.17, 15) is 0 Å². The van der Waals surface area contributed by atoms with Crippen LogP contribution in [0.5, 0.6) is 0 Å². The fraction of sp³-hybridized carbons (Fsp3) is 1.00. The van der Waals surface area contributed by atoms with Gasteiger partial charge in [0.25, 0.3) is 0 Å². The molecule has 0 aromatic rings. The van der Waals surface area contributed by atoms with E-state index < -0.39 is 0 Å². The number of nitrogens with one attached hydrogen (secondary N) is 1. The highest BCUT2D eigenvalue weighted by atomic mass is 16.5. The maximum Gasteiger partial charge on any atom is 0.0697 e. The van der Waals surface area contributed by atoms with Crippen LogP contribution in [-0.4, -0.2) is 51.2 Å². The molecule has 4 nitrogen and oxygen atoms in total. The molecule has 0 saturated carbocycles. The van der Waals surface area contributed by atoms with Crippen molar-refractivity contribution in [3.05, 3.63) is 0 Å². The number of rotatable bonds is 10. The van der Waals surface area contributed by atoms with Crippen molar-refractivity contribution in [3.63, 3.8) is 0 Å². The molecule has 2 N–H and O–H groups in total. The van der Waals surface area contributed by atoms with Crippen LogP contribution in [0, 0.1) is 5.92 Å². The van der Waals surface area contributed by atoms with Gasteiger partial charge in [-0.25, -0.2) is 0 Å². The van der Waals surface area contributed by atoms with Crippen LogP contribution in [0.4, 0.5) is 0 Å². The van der Waals surface area contributed by atoms with Crippen LogP contribution in [0.25, 0.3) is 0 Å². The van der Waals surface area contributed by atoms with Crippen molar-refractivity contribution in [2.75, 3.05) is 40.1 Å². The number of aliphatic hydroxyl groups excluding tert-OH is 1. The summed E-state index contributed by atoms with van der Waals surface area (Å²) in [5, 5.41) is 11.9. The number of hydrogen-bond donors (Lipinski definition) is 2. The standard InChI is InChI=1S/C11H25NO3/c1-10(2)11(9-14-3)12-5-4-7-15-8-6-13/h10-13H,4-9H2,1-3H3. The minimum atomic E-state index is 0.103. The van der Waals surface area contributed by atoms with Crippen molar-refractivity contribution < 1.29 is 14.6 Å². The van der Waals surface area contributed by atoms with Crippen molar-refractivity contribution >= 4 is 0 Å². The van der Waals surface area contributed by atoms with Crippen molar-refractivity contribution in [2.45, 2.75) is 26.3 Å². The van der Waals surface area contributed by atoms with E-state index in [1.807, 2.05) is 0 Å². The van der Waals surface area contributed by atoms with Crippen molar-refractivity contribution in [2.24, 2.45) is 5.92 Å². The van der Waals surface area contributed by atoms with Gasteiger partial charge < -0.3 is 19.9 Å². The Balaban J connectivity index is 3.37. The molecule has 92 valence electrons. The van der Waals surface area contributed by atoms with Gasteiger partial charge in [-0.05, 0) is 18.9 Å². The first-order valence-electron chi connectivity index (χ1n) is 5.63. The SMILES string of the molecule is COCC(NCCCOCCO)C(C)C. The number of aliphatic hydroxyl groups is 1. The highest BCUT2D eigenvalue weighted by Crippen LogP contribution is 2.01. The molecule has 4 heteroatoms. The van der Waals surface area contributed by atoms with Gasteiger partial charge in [-0.3, -0.25) is 0 Å². The average molecular weight is 219 g/mol. The third-order valence-electron chi connectivity index (χ3n) is 2.26. The van der Waals surface area contributed by atoms with Crippen LogP contribution in [0.1, 0.15) is 20.3 Å². The van der Waals surface area contributed by atoms with Gasteiger partial charge in [0.1, 0.15) is 0 Å². The molecule has 0 aliphatic carbocycles. The molecule has 0 aromatic heterocycles. The van der Waals surface area contributed by atoms with Gasteiger partial charge in [0.05, 0.1) is 19.8 Å². The van der Waals surface area contributed by atoms with Crippen LogP contribution in [-0.2, 0) is 9.47 Å². The normalized spacial score (nSPS) is 13.4. The largest absolute Gasteiger partial charge is 0.394 e. The molecular formula is C11H25NO3.